The van der Waals surface area contributed by atoms with Crippen molar-refractivity contribution in [2.24, 2.45) is 5.41 Å². The van der Waals surface area contributed by atoms with Gasteiger partial charge in [0, 0.05) is 35.8 Å². The van der Waals surface area contributed by atoms with Gasteiger partial charge in [0.25, 0.3) is 0 Å². The molecule has 1 aromatic rings. The van der Waals surface area contributed by atoms with E-state index < -0.39 is 0 Å². The summed E-state index contributed by atoms with van der Waals surface area (Å²) >= 11 is 1.81. The van der Waals surface area contributed by atoms with E-state index >= 15 is 0 Å². The summed E-state index contributed by atoms with van der Waals surface area (Å²) in [6.45, 7) is 7.96. The minimum Gasteiger partial charge on any atom is -0.299 e. The van der Waals surface area contributed by atoms with Crippen molar-refractivity contribution in [2.75, 3.05) is 6.54 Å². The number of rotatable bonds is 6. The predicted octanol–water partition coefficient (Wildman–Crippen LogP) is 3.72. The highest BCUT2D eigenvalue weighted by atomic mass is 32.1. The van der Waals surface area contributed by atoms with E-state index in [9.17, 15) is 4.79 Å². The number of nitrogens with zero attached hydrogens (tertiary/aromatic N) is 1. The van der Waals surface area contributed by atoms with Crippen LogP contribution < -0.4 is 0 Å². The Balaban J connectivity index is 1.85. The normalized spacial score (nSPS) is 16.2. The summed E-state index contributed by atoms with van der Waals surface area (Å²) in [5.41, 5.74) is -0.196. The molecule has 18 heavy (non-hydrogen) atoms. The molecule has 0 aromatic carbocycles. The molecule has 1 aliphatic carbocycles. The van der Waals surface area contributed by atoms with Crippen LogP contribution >= 0.6 is 11.3 Å². The molecule has 0 aliphatic heterocycles. The number of ketones is 1. The highest BCUT2D eigenvalue weighted by Gasteiger charge is 2.30. The minimum atomic E-state index is -0.196. The number of Topliss-reactive ketones (excluding diaryl/α,β-unsaturated/α-hetero) is 1. The number of hydrogen-bond acceptors (Lipinski definition) is 3. The van der Waals surface area contributed by atoms with Crippen molar-refractivity contribution in [3.05, 3.63) is 22.4 Å². The number of thiophene rings is 1. The zero-order valence-electron chi connectivity index (χ0n) is 11.6. The topological polar surface area (TPSA) is 20.3 Å². The molecule has 1 aliphatic rings. The van der Waals surface area contributed by atoms with Crippen LogP contribution in [0.4, 0.5) is 0 Å². The first-order valence-electron chi connectivity index (χ1n) is 6.76. The molecular weight excluding hydrogens is 242 g/mol. The van der Waals surface area contributed by atoms with Crippen molar-refractivity contribution in [2.45, 2.75) is 52.6 Å². The molecule has 0 saturated heterocycles. The van der Waals surface area contributed by atoms with Crippen LogP contribution in [0.5, 0.6) is 0 Å². The van der Waals surface area contributed by atoms with E-state index in [0.717, 1.165) is 19.1 Å². The Hall–Kier alpha value is -0.670. The maximum atomic E-state index is 12.0. The molecule has 0 N–H and O–H groups in total. The van der Waals surface area contributed by atoms with Gasteiger partial charge in [0.15, 0.2) is 0 Å². The maximum Gasteiger partial charge on any atom is 0.139 e. The Morgan fingerprint density at radius 3 is 2.67 bits per heavy atom. The van der Waals surface area contributed by atoms with Crippen molar-refractivity contribution in [3.8, 4) is 0 Å². The highest BCUT2D eigenvalue weighted by Crippen LogP contribution is 2.29. The summed E-state index contributed by atoms with van der Waals surface area (Å²) in [6, 6.07) is 5.01. The molecule has 0 atom stereocenters. The van der Waals surface area contributed by atoms with Gasteiger partial charge in [0.1, 0.15) is 5.78 Å². The summed E-state index contributed by atoms with van der Waals surface area (Å²) in [5, 5.41) is 2.13. The predicted molar refractivity (Wildman–Crippen MR) is 76.8 cm³/mol. The van der Waals surface area contributed by atoms with Crippen molar-refractivity contribution in [1.82, 2.24) is 4.90 Å². The lowest BCUT2D eigenvalue weighted by Crippen LogP contribution is -2.30. The Morgan fingerprint density at radius 1 is 1.44 bits per heavy atom. The smallest absolute Gasteiger partial charge is 0.139 e. The largest absolute Gasteiger partial charge is 0.299 e. The quantitative estimate of drug-likeness (QED) is 0.781. The Labute approximate surface area is 114 Å². The van der Waals surface area contributed by atoms with E-state index in [1.54, 1.807) is 0 Å². The van der Waals surface area contributed by atoms with Crippen LogP contribution in [0.25, 0.3) is 0 Å². The Kier molecular flexibility index (Phi) is 4.23. The van der Waals surface area contributed by atoms with Gasteiger partial charge in [-0.05, 0) is 24.3 Å². The summed E-state index contributed by atoms with van der Waals surface area (Å²) < 4.78 is 0. The third kappa shape index (κ3) is 3.92. The average Bonchev–Trinajstić information content (AvgIpc) is 3.01. The van der Waals surface area contributed by atoms with Gasteiger partial charge >= 0.3 is 0 Å². The Bertz CT molecular complexity index is 387. The fraction of sp³-hybridized carbons (Fsp3) is 0.667. The van der Waals surface area contributed by atoms with Gasteiger partial charge in [0.05, 0.1) is 0 Å². The van der Waals surface area contributed by atoms with Gasteiger partial charge in [-0.15, -0.1) is 11.3 Å². The third-order valence-corrected chi connectivity index (χ3v) is 4.33. The van der Waals surface area contributed by atoms with Crippen molar-refractivity contribution in [3.63, 3.8) is 0 Å². The van der Waals surface area contributed by atoms with Gasteiger partial charge in [-0.2, -0.15) is 0 Å². The Morgan fingerprint density at radius 2 is 2.17 bits per heavy atom. The van der Waals surface area contributed by atoms with Crippen LogP contribution in [0.1, 0.15) is 44.9 Å². The zero-order valence-corrected chi connectivity index (χ0v) is 12.4. The van der Waals surface area contributed by atoms with Gasteiger partial charge in [-0.3, -0.25) is 9.69 Å². The lowest BCUT2D eigenvalue weighted by molar-refractivity contribution is -0.126. The molecule has 0 bridgehead atoms. The second-order valence-corrected chi connectivity index (χ2v) is 7.24. The van der Waals surface area contributed by atoms with Crippen molar-refractivity contribution >= 4 is 17.1 Å². The maximum absolute atomic E-state index is 12.0. The van der Waals surface area contributed by atoms with Crippen LogP contribution in [0.2, 0.25) is 0 Å². The van der Waals surface area contributed by atoms with Crippen molar-refractivity contribution in [1.29, 1.82) is 0 Å². The highest BCUT2D eigenvalue weighted by molar-refractivity contribution is 7.09. The zero-order chi connectivity index (χ0) is 13.2. The summed E-state index contributed by atoms with van der Waals surface area (Å²) in [5.74, 6) is 0.374. The van der Waals surface area contributed by atoms with Crippen LogP contribution in [0, 0.1) is 5.41 Å². The molecule has 100 valence electrons. The third-order valence-electron chi connectivity index (χ3n) is 3.46. The molecular formula is C15H23NOS. The number of carbonyl (C=O) groups excluding carboxylic acids is 1. The molecule has 0 spiro atoms. The summed E-state index contributed by atoms with van der Waals surface area (Å²) in [4.78, 5) is 15.9. The minimum absolute atomic E-state index is 0.196. The monoisotopic (exact) mass is 265 g/mol. The molecule has 3 heteroatoms. The fourth-order valence-corrected chi connectivity index (χ4v) is 2.78. The fourth-order valence-electron chi connectivity index (χ4n) is 2.05. The van der Waals surface area contributed by atoms with E-state index in [4.69, 9.17) is 0 Å². The van der Waals surface area contributed by atoms with Crippen LogP contribution in [0.15, 0.2) is 17.5 Å². The molecule has 0 unspecified atom stereocenters. The lowest BCUT2D eigenvalue weighted by Gasteiger charge is -2.23. The van der Waals surface area contributed by atoms with Crippen LogP contribution in [-0.2, 0) is 11.3 Å². The van der Waals surface area contributed by atoms with Crippen LogP contribution in [0.3, 0.4) is 0 Å². The number of carbonyl (C=O) groups is 1. The van der Waals surface area contributed by atoms with E-state index in [1.165, 1.54) is 17.7 Å². The molecule has 1 saturated carbocycles. The second-order valence-electron chi connectivity index (χ2n) is 6.20. The van der Waals surface area contributed by atoms with Gasteiger partial charge < -0.3 is 0 Å². The SMILES string of the molecule is CC(C)(C)C(=O)CCN(Cc1cccs1)C1CC1. The standard InChI is InChI=1S/C15H23NOS/c1-15(2,3)14(17)8-9-16(12-6-7-12)11-13-5-4-10-18-13/h4-5,10,12H,6-9,11H2,1-3H3. The summed E-state index contributed by atoms with van der Waals surface area (Å²) in [6.07, 6.45) is 3.29. The van der Waals surface area contributed by atoms with Crippen molar-refractivity contribution < 1.29 is 4.79 Å². The average molecular weight is 265 g/mol. The first-order chi connectivity index (χ1) is 8.47. The van der Waals surface area contributed by atoms with Gasteiger partial charge in [-0.1, -0.05) is 26.8 Å². The molecule has 0 amide bonds. The molecule has 2 nitrogen and oxygen atoms in total. The molecule has 2 rings (SSSR count). The van der Waals surface area contributed by atoms with E-state index in [1.807, 2.05) is 32.1 Å². The summed E-state index contributed by atoms with van der Waals surface area (Å²) in [7, 11) is 0. The lowest BCUT2D eigenvalue weighted by atomic mass is 9.89. The molecule has 1 aromatic heterocycles. The van der Waals surface area contributed by atoms with Gasteiger partial charge in [-0.25, -0.2) is 0 Å². The molecule has 1 heterocycles. The second kappa shape index (κ2) is 5.54. The number of hydrogen-bond donors (Lipinski definition) is 0. The first kappa shape index (κ1) is 13.8. The molecule has 0 radical (unpaired) electrons. The first-order valence-corrected chi connectivity index (χ1v) is 7.64. The van der Waals surface area contributed by atoms with E-state index in [2.05, 4.69) is 22.4 Å². The van der Waals surface area contributed by atoms with E-state index in [0.29, 0.717) is 12.2 Å². The molecule has 1 fully saturated rings. The van der Waals surface area contributed by atoms with Gasteiger partial charge in [0.2, 0.25) is 0 Å². The van der Waals surface area contributed by atoms with E-state index in [-0.39, 0.29) is 5.41 Å². The van der Waals surface area contributed by atoms with Crippen LogP contribution in [-0.4, -0.2) is 23.3 Å².